The molecule has 4 rings (SSSR count). The lowest BCUT2D eigenvalue weighted by atomic mass is 10.1. The summed E-state index contributed by atoms with van der Waals surface area (Å²) < 4.78 is 0. The van der Waals surface area contributed by atoms with E-state index < -0.39 is 0 Å². The predicted molar refractivity (Wildman–Crippen MR) is 90.5 cm³/mol. The lowest BCUT2D eigenvalue weighted by Gasteiger charge is -2.19. The minimum absolute atomic E-state index is 0.183. The van der Waals surface area contributed by atoms with Crippen molar-refractivity contribution in [3.8, 4) is 0 Å². The summed E-state index contributed by atoms with van der Waals surface area (Å²) in [4.78, 5) is 18.5. The van der Waals surface area contributed by atoms with Gasteiger partial charge in [-0.25, -0.2) is 0 Å². The minimum Gasteiger partial charge on any atom is -0.353 e. The molecule has 3 heteroatoms. The first kappa shape index (κ1) is 13.1. The van der Waals surface area contributed by atoms with Gasteiger partial charge in [0.25, 0.3) is 0 Å². The Balaban J connectivity index is 1.80. The van der Waals surface area contributed by atoms with E-state index >= 15 is 0 Å². The van der Waals surface area contributed by atoms with Gasteiger partial charge in [0, 0.05) is 24.0 Å². The molecule has 0 saturated carbocycles. The Bertz CT molecular complexity index is 896. The molecule has 0 bridgehead atoms. The van der Waals surface area contributed by atoms with Crippen LogP contribution >= 0.6 is 0 Å². The number of aromatic nitrogens is 1. The van der Waals surface area contributed by atoms with E-state index in [0.717, 1.165) is 47.4 Å². The van der Waals surface area contributed by atoms with Crippen molar-refractivity contribution in [2.75, 3.05) is 11.4 Å². The zero-order valence-electron chi connectivity index (χ0n) is 12.6. The van der Waals surface area contributed by atoms with Gasteiger partial charge in [-0.1, -0.05) is 42.0 Å². The number of nitrogens with one attached hydrogen (secondary N) is 1. The molecule has 0 unspecified atom stereocenters. The molecule has 3 aromatic rings. The Hall–Kier alpha value is -2.55. The summed E-state index contributed by atoms with van der Waals surface area (Å²) in [5.41, 5.74) is 4.42. The molecule has 0 spiro atoms. The maximum absolute atomic E-state index is 12.7. The van der Waals surface area contributed by atoms with Gasteiger partial charge in [0.1, 0.15) is 5.82 Å². The van der Waals surface area contributed by atoms with Gasteiger partial charge < -0.3 is 9.88 Å². The van der Waals surface area contributed by atoms with E-state index in [1.165, 1.54) is 5.56 Å². The van der Waals surface area contributed by atoms with Gasteiger partial charge in [0.15, 0.2) is 5.43 Å². The molecule has 1 N–H and O–H groups in total. The molecule has 1 aromatic heterocycles. The van der Waals surface area contributed by atoms with Gasteiger partial charge in [-0.3, -0.25) is 4.79 Å². The van der Waals surface area contributed by atoms with Crippen molar-refractivity contribution < 1.29 is 0 Å². The molecule has 3 nitrogen and oxygen atoms in total. The normalized spacial score (nSPS) is 13.6. The van der Waals surface area contributed by atoms with Crippen molar-refractivity contribution in [3.63, 3.8) is 0 Å². The van der Waals surface area contributed by atoms with E-state index in [-0.39, 0.29) is 5.43 Å². The fourth-order valence-corrected chi connectivity index (χ4v) is 3.25. The molecule has 0 fully saturated rings. The zero-order valence-corrected chi connectivity index (χ0v) is 12.6. The summed E-state index contributed by atoms with van der Waals surface area (Å²) in [5, 5.41) is 0.806. The van der Waals surface area contributed by atoms with Crippen molar-refractivity contribution in [3.05, 3.63) is 75.4 Å². The van der Waals surface area contributed by atoms with Gasteiger partial charge in [-0.2, -0.15) is 0 Å². The monoisotopic (exact) mass is 290 g/mol. The van der Waals surface area contributed by atoms with Gasteiger partial charge in [0.05, 0.1) is 5.52 Å². The predicted octanol–water partition coefficient (Wildman–Crippen LogP) is 3.40. The van der Waals surface area contributed by atoms with Crippen LogP contribution in [-0.4, -0.2) is 11.5 Å². The maximum atomic E-state index is 12.7. The molecule has 2 aromatic carbocycles. The van der Waals surface area contributed by atoms with Crippen molar-refractivity contribution in [2.24, 2.45) is 0 Å². The first-order valence-corrected chi connectivity index (χ1v) is 7.67. The topological polar surface area (TPSA) is 36.1 Å². The molecule has 0 atom stereocenters. The van der Waals surface area contributed by atoms with Crippen LogP contribution in [-0.2, 0) is 13.0 Å². The Labute approximate surface area is 129 Å². The van der Waals surface area contributed by atoms with E-state index in [1.54, 1.807) is 0 Å². The van der Waals surface area contributed by atoms with E-state index in [2.05, 4.69) is 34.1 Å². The van der Waals surface area contributed by atoms with Crippen molar-refractivity contribution >= 4 is 16.7 Å². The number of hydrogen-bond acceptors (Lipinski definition) is 2. The van der Waals surface area contributed by atoms with E-state index in [0.29, 0.717) is 0 Å². The first-order chi connectivity index (χ1) is 10.7. The number of aryl methyl sites for hydroxylation is 1. The van der Waals surface area contributed by atoms with E-state index in [4.69, 9.17) is 0 Å². The van der Waals surface area contributed by atoms with E-state index in [9.17, 15) is 4.79 Å². The maximum Gasteiger partial charge on any atom is 0.194 e. The number of hydrogen-bond donors (Lipinski definition) is 1. The molecule has 0 aliphatic carbocycles. The summed E-state index contributed by atoms with van der Waals surface area (Å²) in [6.07, 6.45) is 0.821. The third-order valence-corrected chi connectivity index (χ3v) is 4.40. The second-order valence-corrected chi connectivity index (χ2v) is 5.99. The summed E-state index contributed by atoms with van der Waals surface area (Å²) in [6, 6.07) is 16.4. The van der Waals surface area contributed by atoms with Gasteiger partial charge >= 0.3 is 0 Å². The molecular formula is C19H18N2O. The second-order valence-electron chi connectivity index (χ2n) is 5.99. The Morgan fingerprint density at radius 2 is 1.95 bits per heavy atom. The Morgan fingerprint density at radius 3 is 2.77 bits per heavy atom. The summed E-state index contributed by atoms with van der Waals surface area (Å²) >= 11 is 0. The third-order valence-electron chi connectivity index (χ3n) is 4.40. The van der Waals surface area contributed by atoms with Crippen LogP contribution in [0.4, 0.5) is 5.82 Å². The van der Waals surface area contributed by atoms with Crippen LogP contribution in [0.3, 0.4) is 0 Å². The quantitative estimate of drug-likeness (QED) is 0.785. The van der Waals surface area contributed by atoms with Crippen LogP contribution in [0.1, 0.15) is 16.7 Å². The number of aromatic amines is 1. The van der Waals surface area contributed by atoms with Crippen molar-refractivity contribution in [1.82, 2.24) is 4.98 Å². The van der Waals surface area contributed by atoms with Crippen LogP contribution in [0, 0.1) is 6.92 Å². The third kappa shape index (κ3) is 2.10. The molecule has 0 saturated heterocycles. The fourth-order valence-electron chi connectivity index (χ4n) is 3.25. The molecular weight excluding hydrogens is 272 g/mol. The van der Waals surface area contributed by atoms with Crippen LogP contribution in [0.2, 0.25) is 0 Å². The average Bonchev–Trinajstić information content (AvgIpc) is 2.93. The summed E-state index contributed by atoms with van der Waals surface area (Å²) in [5.74, 6) is 0.991. The first-order valence-electron chi connectivity index (χ1n) is 7.67. The SMILES string of the molecule is Cc1ccc2[nH]c3c(c(=O)c2c1)CCN3Cc1ccccc1. The average molecular weight is 290 g/mol. The van der Waals surface area contributed by atoms with Crippen LogP contribution in [0.25, 0.3) is 10.9 Å². The molecule has 1 aliphatic rings. The van der Waals surface area contributed by atoms with Gasteiger partial charge in [-0.15, -0.1) is 0 Å². The molecule has 2 heterocycles. The highest BCUT2D eigenvalue weighted by atomic mass is 16.1. The highest BCUT2D eigenvalue weighted by molar-refractivity contribution is 5.83. The van der Waals surface area contributed by atoms with E-state index in [1.807, 2.05) is 31.2 Å². The molecule has 0 amide bonds. The lowest BCUT2D eigenvalue weighted by molar-refractivity contribution is 0.827. The van der Waals surface area contributed by atoms with Crippen LogP contribution < -0.4 is 10.3 Å². The number of rotatable bonds is 2. The highest BCUT2D eigenvalue weighted by Crippen LogP contribution is 2.27. The molecule has 1 aliphatic heterocycles. The van der Waals surface area contributed by atoms with Crippen molar-refractivity contribution in [1.29, 1.82) is 0 Å². The Morgan fingerprint density at radius 1 is 1.14 bits per heavy atom. The number of pyridine rings is 1. The second kappa shape index (κ2) is 5.02. The Kier molecular flexibility index (Phi) is 3.00. The van der Waals surface area contributed by atoms with Gasteiger partial charge in [-0.05, 0) is 31.0 Å². The fraction of sp³-hybridized carbons (Fsp3) is 0.211. The largest absolute Gasteiger partial charge is 0.353 e. The lowest BCUT2D eigenvalue weighted by Crippen LogP contribution is -2.21. The zero-order chi connectivity index (χ0) is 15.1. The number of fused-ring (bicyclic) bond motifs is 2. The number of benzene rings is 2. The number of nitrogens with zero attached hydrogens (tertiary/aromatic N) is 1. The molecule has 110 valence electrons. The summed E-state index contributed by atoms with van der Waals surface area (Å²) in [6.45, 7) is 3.75. The van der Waals surface area contributed by atoms with Crippen molar-refractivity contribution in [2.45, 2.75) is 19.9 Å². The standard InChI is InChI=1S/C19H18N2O/c1-13-7-8-17-16(11-13)18(22)15-9-10-21(19(15)20-17)12-14-5-3-2-4-6-14/h2-8,11H,9-10,12H2,1H3,(H,20,22). The number of anilines is 1. The number of H-pyrrole nitrogens is 1. The van der Waals surface area contributed by atoms with Crippen LogP contribution in [0.5, 0.6) is 0 Å². The van der Waals surface area contributed by atoms with Gasteiger partial charge in [0.2, 0.25) is 0 Å². The molecule has 22 heavy (non-hydrogen) atoms. The molecule has 0 radical (unpaired) electrons. The summed E-state index contributed by atoms with van der Waals surface area (Å²) in [7, 11) is 0. The van der Waals surface area contributed by atoms with Crippen LogP contribution in [0.15, 0.2) is 53.3 Å². The highest BCUT2D eigenvalue weighted by Gasteiger charge is 2.23. The smallest absolute Gasteiger partial charge is 0.194 e. The minimum atomic E-state index is 0.183.